The van der Waals surface area contributed by atoms with Crippen molar-refractivity contribution in [2.24, 2.45) is 5.41 Å². The number of hydrogen-bond acceptors (Lipinski definition) is 3. The van der Waals surface area contributed by atoms with Crippen LogP contribution in [0, 0.1) is 5.41 Å². The van der Waals surface area contributed by atoms with Crippen LogP contribution in [0.3, 0.4) is 0 Å². The van der Waals surface area contributed by atoms with E-state index in [1.165, 1.54) is 18.4 Å². The summed E-state index contributed by atoms with van der Waals surface area (Å²) in [5.74, 6) is -0.0133. The first-order valence-electron chi connectivity index (χ1n) is 5.88. The van der Waals surface area contributed by atoms with Gasteiger partial charge in [0.2, 0.25) is 0 Å². The second-order valence-corrected chi connectivity index (χ2v) is 5.62. The molecule has 1 aromatic heterocycles. The molecule has 88 valence electrons. The van der Waals surface area contributed by atoms with Crippen LogP contribution in [0.4, 0.5) is 0 Å². The molecule has 2 rings (SSSR count). The average Bonchev–Trinajstić information content (AvgIpc) is 2.82. The summed E-state index contributed by atoms with van der Waals surface area (Å²) in [7, 11) is 1.51. The zero-order valence-corrected chi connectivity index (χ0v) is 10.5. The van der Waals surface area contributed by atoms with Gasteiger partial charge in [0.15, 0.2) is 0 Å². The Kier molecular flexibility index (Phi) is 3.64. The number of methoxy groups -OCH3 is 1. The van der Waals surface area contributed by atoms with E-state index < -0.39 is 0 Å². The van der Waals surface area contributed by atoms with Crippen molar-refractivity contribution < 1.29 is 9.53 Å². The molecular formula is C13H18O2S. The molecule has 0 N–H and O–H groups in total. The van der Waals surface area contributed by atoms with Crippen LogP contribution in [0.5, 0.6) is 0 Å². The molecule has 0 amide bonds. The van der Waals surface area contributed by atoms with Gasteiger partial charge in [0.05, 0.1) is 12.5 Å². The molecule has 0 saturated heterocycles. The van der Waals surface area contributed by atoms with Crippen molar-refractivity contribution in [1.29, 1.82) is 0 Å². The van der Waals surface area contributed by atoms with Gasteiger partial charge in [0.1, 0.15) is 0 Å². The minimum Gasteiger partial charge on any atom is -0.469 e. The summed E-state index contributed by atoms with van der Waals surface area (Å²) in [6, 6.07) is 4.16. The van der Waals surface area contributed by atoms with Gasteiger partial charge in [-0.1, -0.05) is 25.3 Å². The van der Waals surface area contributed by atoms with Crippen LogP contribution in [0.15, 0.2) is 17.5 Å². The van der Waals surface area contributed by atoms with Crippen molar-refractivity contribution in [1.82, 2.24) is 0 Å². The first kappa shape index (κ1) is 11.6. The largest absolute Gasteiger partial charge is 0.469 e. The van der Waals surface area contributed by atoms with E-state index in [1.807, 2.05) is 6.07 Å². The fourth-order valence-corrected chi connectivity index (χ4v) is 3.49. The number of carbonyl (C=O) groups excluding carboxylic acids is 1. The van der Waals surface area contributed by atoms with E-state index in [4.69, 9.17) is 4.74 Å². The molecule has 0 aromatic carbocycles. The van der Waals surface area contributed by atoms with Gasteiger partial charge in [-0.15, -0.1) is 11.3 Å². The lowest BCUT2D eigenvalue weighted by Crippen LogP contribution is -2.36. The lowest BCUT2D eigenvalue weighted by atomic mass is 9.71. The second-order valence-electron chi connectivity index (χ2n) is 4.59. The molecule has 1 aliphatic carbocycles. The number of carbonyl (C=O) groups is 1. The third-order valence-electron chi connectivity index (χ3n) is 3.52. The maximum absolute atomic E-state index is 12.0. The van der Waals surface area contributed by atoms with E-state index in [1.54, 1.807) is 11.3 Å². The summed E-state index contributed by atoms with van der Waals surface area (Å²) >= 11 is 1.74. The van der Waals surface area contributed by atoms with E-state index in [-0.39, 0.29) is 11.4 Å². The van der Waals surface area contributed by atoms with E-state index in [2.05, 4.69) is 11.4 Å². The smallest absolute Gasteiger partial charge is 0.312 e. The van der Waals surface area contributed by atoms with Crippen molar-refractivity contribution in [3.63, 3.8) is 0 Å². The third-order valence-corrected chi connectivity index (χ3v) is 4.40. The quantitative estimate of drug-likeness (QED) is 0.754. The molecule has 16 heavy (non-hydrogen) atoms. The molecule has 1 saturated carbocycles. The van der Waals surface area contributed by atoms with E-state index >= 15 is 0 Å². The summed E-state index contributed by atoms with van der Waals surface area (Å²) in [5, 5.41) is 2.07. The minimum absolute atomic E-state index is 0.0133. The Morgan fingerprint density at radius 1 is 1.44 bits per heavy atom. The molecule has 1 fully saturated rings. The highest BCUT2D eigenvalue weighted by Gasteiger charge is 2.40. The van der Waals surface area contributed by atoms with E-state index in [0.29, 0.717) is 0 Å². The highest BCUT2D eigenvalue weighted by atomic mass is 32.1. The van der Waals surface area contributed by atoms with Crippen molar-refractivity contribution in [2.45, 2.75) is 38.5 Å². The van der Waals surface area contributed by atoms with Crippen LogP contribution in [-0.4, -0.2) is 13.1 Å². The number of thiophene rings is 1. The monoisotopic (exact) mass is 238 g/mol. The molecule has 1 heterocycles. The molecule has 0 radical (unpaired) electrons. The predicted molar refractivity (Wildman–Crippen MR) is 65.6 cm³/mol. The number of esters is 1. The molecule has 0 unspecified atom stereocenters. The SMILES string of the molecule is COC(=O)C1(Cc2cccs2)CCCCC1. The molecule has 0 aliphatic heterocycles. The second kappa shape index (κ2) is 5.00. The van der Waals surface area contributed by atoms with Crippen LogP contribution in [0.25, 0.3) is 0 Å². The number of hydrogen-bond donors (Lipinski definition) is 0. The summed E-state index contributed by atoms with van der Waals surface area (Å²) in [4.78, 5) is 13.3. The summed E-state index contributed by atoms with van der Waals surface area (Å²) in [5.41, 5.74) is -0.238. The third kappa shape index (κ3) is 2.29. The highest BCUT2D eigenvalue weighted by Crippen LogP contribution is 2.41. The summed E-state index contributed by atoms with van der Waals surface area (Å²) in [6.45, 7) is 0. The molecule has 1 aromatic rings. The van der Waals surface area contributed by atoms with Gasteiger partial charge in [0, 0.05) is 4.88 Å². The Bertz CT molecular complexity index is 337. The molecule has 3 heteroatoms. The van der Waals surface area contributed by atoms with Gasteiger partial charge in [-0.05, 0) is 30.7 Å². The Morgan fingerprint density at radius 2 is 2.19 bits per heavy atom. The van der Waals surface area contributed by atoms with Crippen molar-refractivity contribution in [3.8, 4) is 0 Å². The van der Waals surface area contributed by atoms with Gasteiger partial charge >= 0.3 is 5.97 Å². The fraction of sp³-hybridized carbons (Fsp3) is 0.615. The summed E-state index contributed by atoms with van der Waals surface area (Å²) < 4.78 is 5.01. The predicted octanol–water partition coefficient (Wildman–Crippen LogP) is 3.41. The molecule has 0 bridgehead atoms. The maximum Gasteiger partial charge on any atom is 0.312 e. The first-order chi connectivity index (χ1) is 7.77. The van der Waals surface area contributed by atoms with Crippen LogP contribution in [-0.2, 0) is 16.0 Å². The lowest BCUT2D eigenvalue weighted by Gasteiger charge is -2.34. The van der Waals surface area contributed by atoms with Gasteiger partial charge in [-0.2, -0.15) is 0 Å². The van der Waals surface area contributed by atoms with Crippen LogP contribution in [0.2, 0.25) is 0 Å². The Balaban J connectivity index is 2.16. The van der Waals surface area contributed by atoms with Crippen LogP contribution in [0.1, 0.15) is 37.0 Å². The van der Waals surface area contributed by atoms with E-state index in [9.17, 15) is 4.79 Å². The zero-order chi connectivity index (χ0) is 11.4. The number of rotatable bonds is 3. The Morgan fingerprint density at radius 3 is 2.75 bits per heavy atom. The Labute approximate surface area is 101 Å². The lowest BCUT2D eigenvalue weighted by molar-refractivity contribution is -0.154. The Hall–Kier alpha value is -0.830. The van der Waals surface area contributed by atoms with Crippen LogP contribution < -0.4 is 0 Å². The van der Waals surface area contributed by atoms with E-state index in [0.717, 1.165) is 32.1 Å². The van der Waals surface area contributed by atoms with Gasteiger partial charge in [-0.25, -0.2) is 0 Å². The van der Waals surface area contributed by atoms with Gasteiger partial charge in [-0.3, -0.25) is 4.79 Å². The molecule has 0 atom stereocenters. The molecule has 1 aliphatic rings. The highest BCUT2D eigenvalue weighted by molar-refractivity contribution is 7.09. The molecule has 2 nitrogen and oxygen atoms in total. The fourth-order valence-electron chi connectivity index (χ4n) is 2.64. The average molecular weight is 238 g/mol. The standard InChI is InChI=1S/C13H18O2S/c1-15-12(14)13(7-3-2-4-8-13)10-11-6-5-9-16-11/h5-6,9H,2-4,7-8,10H2,1H3. The minimum atomic E-state index is -0.238. The van der Waals surface area contributed by atoms with Crippen molar-refractivity contribution in [2.75, 3.05) is 7.11 Å². The van der Waals surface area contributed by atoms with Crippen molar-refractivity contribution >= 4 is 17.3 Å². The molecular weight excluding hydrogens is 220 g/mol. The summed E-state index contributed by atoms with van der Waals surface area (Å²) in [6.07, 6.45) is 6.39. The normalized spacial score (nSPS) is 19.3. The van der Waals surface area contributed by atoms with Crippen LogP contribution >= 0.6 is 11.3 Å². The number of ether oxygens (including phenoxy) is 1. The maximum atomic E-state index is 12.0. The van der Waals surface area contributed by atoms with Gasteiger partial charge in [0.25, 0.3) is 0 Å². The molecule has 0 spiro atoms. The van der Waals surface area contributed by atoms with Gasteiger partial charge < -0.3 is 4.74 Å². The first-order valence-corrected chi connectivity index (χ1v) is 6.76. The van der Waals surface area contributed by atoms with Crippen molar-refractivity contribution in [3.05, 3.63) is 22.4 Å². The topological polar surface area (TPSA) is 26.3 Å². The zero-order valence-electron chi connectivity index (χ0n) is 9.70.